The molecule has 0 saturated heterocycles. The SMILES string of the molecule is C#CCNC(=O)OC/C=C/S(F)(F)(F)(F)F. The summed E-state index contributed by atoms with van der Waals surface area (Å²) in [5.41, 5.74) is 0. The number of ether oxygens (including phenoxy) is 1. The van der Waals surface area contributed by atoms with Crippen molar-refractivity contribution in [3.63, 3.8) is 0 Å². The summed E-state index contributed by atoms with van der Waals surface area (Å²) in [6.45, 7) is -1.11. The molecule has 0 rings (SSSR count). The van der Waals surface area contributed by atoms with Crippen LogP contribution in [0.3, 0.4) is 0 Å². The van der Waals surface area contributed by atoms with Gasteiger partial charge in [-0.15, -0.1) is 6.42 Å². The molecule has 0 atom stereocenters. The largest absolute Gasteiger partial charge is 0.445 e. The van der Waals surface area contributed by atoms with Crippen LogP contribution in [0.2, 0.25) is 0 Å². The summed E-state index contributed by atoms with van der Waals surface area (Å²) in [5, 5.41) is 0.773. The van der Waals surface area contributed by atoms with E-state index >= 15 is 0 Å². The summed E-state index contributed by atoms with van der Waals surface area (Å²) in [5.74, 6) is 2.00. The van der Waals surface area contributed by atoms with Crippen LogP contribution in [-0.2, 0) is 4.74 Å². The molecule has 9 heteroatoms. The number of carbonyl (C=O) groups is 1. The lowest BCUT2D eigenvalue weighted by Crippen LogP contribution is -2.24. The molecule has 0 saturated carbocycles. The molecule has 0 heterocycles. The molecule has 0 aromatic heterocycles. The molecule has 3 nitrogen and oxygen atoms in total. The van der Waals surface area contributed by atoms with Crippen molar-refractivity contribution >= 4 is 16.3 Å². The molecule has 0 spiro atoms. The van der Waals surface area contributed by atoms with Gasteiger partial charge in [-0.2, -0.15) is 0 Å². The summed E-state index contributed by atoms with van der Waals surface area (Å²) in [7, 11) is -9.57. The lowest BCUT2D eigenvalue weighted by molar-refractivity contribution is 0.159. The van der Waals surface area contributed by atoms with Gasteiger partial charge in [0.25, 0.3) is 0 Å². The van der Waals surface area contributed by atoms with Gasteiger partial charge >= 0.3 is 16.3 Å². The van der Waals surface area contributed by atoms with Gasteiger partial charge in [-0.3, -0.25) is 0 Å². The average Bonchev–Trinajstić information content (AvgIpc) is 2.05. The van der Waals surface area contributed by atoms with Gasteiger partial charge in [0.1, 0.15) is 6.61 Å². The van der Waals surface area contributed by atoms with Gasteiger partial charge in [0, 0.05) is 0 Å². The van der Waals surface area contributed by atoms with Crippen molar-refractivity contribution in [3.8, 4) is 12.3 Å². The topological polar surface area (TPSA) is 38.3 Å². The third-order valence-corrected chi connectivity index (χ3v) is 1.71. The number of terminal acetylenes is 1. The number of nitrogens with one attached hydrogen (secondary N) is 1. The molecule has 0 aliphatic heterocycles. The van der Waals surface area contributed by atoms with E-state index in [1.54, 1.807) is 0 Å². The van der Waals surface area contributed by atoms with E-state index in [-0.39, 0.29) is 12.6 Å². The Morgan fingerprint density at radius 3 is 2.38 bits per heavy atom. The molecule has 1 amide bonds. The molecular weight excluding hydrogens is 257 g/mol. The molecule has 0 fully saturated rings. The van der Waals surface area contributed by atoms with Gasteiger partial charge in [0.15, 0.2) is 0 Å². The van der Waals surface area contributed by atoms with Gasteiger partial charge in [-0.25, -0.2) is 4.79 Å². The number of hydrogen-bond donors (Lipinski definition) is 1. The minimum atomic E-state index is -9.57. The maximum Gasteiger partial charge on any atom is 0.408 e. The predicted octanol–water partition coefficient (Wildman–Crippen LogP) is 3.16. The number of halogens is 5. The predicted molar refractivity (Wildman–Crippen MR) is 50.5 cm³/mol. The Balaban J connectivity index is 4.07. The van der Waals surface area contributed by atoms with Gasteiger partial charge < -0.3 is 10.1 Å². The minimum absolute atomic E-state index is 0.0109. The first-order valence-electron chi connectivity index (χ1n) is 3.69. The first-order valence-corrected chi connectivity index (χ1v) is 5.71. The molecular formula is C7H8F5NO2S. The lowest BCUT2D eigenvalue weighted by Gasteiger charge is -2.36. The van der Waals surface area contributed by atoms with E-state index in [2.05, 4.69) is 4.74 Å². The Morgan fingerprint density at radius 1 is 1.38 bits per heavy atom. The maximum absolute atomic E-state index is 11.7. The second-order valence-corrected chi connectivity index (χ2v) is 4.89. The normalized spacial score (nSPS) is 16.0. The number of hydrogen-bond acceptors (Lipinski definition) is 2. The van der Waals surface area contributed by atoms with E-state index in [4.69, 9.17) is 6.42 Å². The molecule has 0 aliphatic carbocycles. The molecule has 16 heavy (non-hydrogen) atoms. The van der Waals surface area contributed by atoms with Crippen LogP contribution in [0.1, 0.15) is 0 Å². The molecule has 0 radical (unpaired) electrons. The van der Waals surface area contributed by atoms with Crippen LogP contribution in [0.4, 0.5) is 24.2 Å². The highest BCUT2D eigenvalue weighted by atomic mass is 32.5. The molecule has 0 unspecified atom stereocenters. The summed E-state index contributed by atoms with van der Waals surface area (Å²) < 4.78 is 62.4. The number of alkyl carbamates (subject to hydrolysis) is 1. The minimum Gasteiger partial charge on any atom is -0.445 e. The fourth-order valence-electron chi connectivity index (χ4n) is 0.519. The van der Waals surface area contributed by atoms with E-state index in [9.17, 15) is 24.2 Å². The summed E-state index contributed by atoms with van der Waals surface area (Å²) in [6, 6.07) is 0. The second kappa shape index (κ2) is 3.86. The second-order valence-electron chi connectivity index (χ2n) is 2.56. The van der Waals surface area contributed by atoms with Gasteiger partial charge in [0.2, 0.25) is 0 Å². The van der Waals surface area contributed by atoms with Crippen molar-refractivity contribution in [2.45, 2.75) is 0 Å². The highest BCUT2D eigenvalue weighted by Gasteiger charge is 2.60. The quantitative estimate of drug-likeness (QED) is 0.626. The Kier molecular flexibility index (Phi) is 3.51. The van der Waals surface area contributed by atoms with Crippen molar-refractivity contribution in [3.05, 3.63) is 11.5 Å². The van der Waals surface area contributed by atoms with Crippen molar-refractivity contribution in [2.75, 3.05) is 13.2 Å². The van der Waals surface area contributed by atoms with Crippen molar-refractivity contribution in [1.29, 1.82) is 0 Å². The first-order chi connectivity index (χ1) is 6.93. The highest BCUT2D eigenvalue weighted by Crippen LogP contribution is 2.98. The van der Waals surface area contributed by atoms with Gasteiger partial charge in [0.05, 0.1) is 12.0 Å². The third-order valence-electron chi connectivity index (χ3n) is 0.999. The average molecular weight is 265 g/mol. The molecule has 1 N–H and O–H groups in total. The van der Waals surface area contributed by atoms with Crippen molar-refractivity contribution in [2.24, 2.45) is 0 Å². The smallest absolute Gasteiger partial charge is 0.408 e. The highest BCUT2D eigenvalue weighted by molar-refractivity contribution is 8.48. The summed E-state index contributed by atoms with van der Waals surface area (Å²) in [6.07, 6.45) is 3.66. The first kappa shape index (κ1) is 14.6. The Hall–Kier alpha value is -1.43. The Labute approximate surface area is 88.4 Å². The van der Waals surface area contributed by atoms with E-state index in [0.717, 1.165) is 0 Å². The Bertz CT molecular complexity index is 341. The van der Waals surface area contributed by atoms with Crippen LogP contribution >= 0.6 is 10.2 Å². The van der Waals surface area contributed by atoms with Crippen LogP contribution < -0.4 is 5.32 Å². The molecule has 0 aliphatic rings. The zero-order valence-electron chi connectivity index (χ0n) is 7.76. The van der Waals surface area contributed by atoms with Crippen molar-refractivity contribution in [1.82, 2.24) is 5.32 Å². The zero-order valence-corrected chi connectivity index (χ0v) is 8.58. The summed E-state index contributed by atoms with van der Waals surface area (Å²) >= 11 is 0. The van der Waals surface area contributed by atoms with Crippen LogP contribution in [0.15, 0.2) is 11.5 Å². The fraction of sp³-hybridized carbons (Fsp3) is 0.286. The lowest BCUT2D eigenvalue weighted by atomic mass is 10.7. The maximum atomic E-state index is 11.7. The molecule has 0 aromatic rings. The third kappa shape index (κ3) is 10.6. The van der Waals surface area contributed by atoms with Gasteiger partial charge in [-0.1, -0.05) is 25.3 Å². The molecule has 0 aromatic carbocycles. The van der Waals surface area contributed by atoms with E-state index < -0.39 is 28.3 Å². The van der Waals surface area contributed by atoms with E-state index in [1.807, 2.05) is 11.2 Å². The van der Waals surface area contributed by atoms with Crippen LogP contribution in [0.5, 0.6) is 0 Å². The Morgan fingerprint density at radius 2 is 1.94 bits per heavy atom. The monoisotopic (exact) mass is 265 g/mol. The van der Waals surface area contributed by atoms with Crippen LogP contribution in [-0.4, -0.2) is 19.2 Å². The molecule has 94 valence electrons. The van der Waals surface area contributed by atoms with Crippen LogP contribution in [0.25, 0.3) is 0 Å². The van der Waals surface area contributed by atoms with Gasteiger partial charge in [-0.05, 0) is 6.08 Å². The van der Waals surface area contributed by atoms with E-state index in [0.29, 0.717) is 0 Å². The number of carbonyl (C=O) groups excluding carboxylic acids is 1. The number of rotatable bonds is 4. The standard InChI is InChI=1S/C7H8F5NO2S/c1-2-4-13-7(14)15-5-3-6-16(8,9,10,11)12/h1,3,6H,4-5H2,(H,13,14)/b6-3+. The summed E-state index contributed by atoms with van der Waals surface area (Å²) in [4.78, 5) is 10.6. The fourth-order valence-corrected chi connectivity index (χ4v) is 0.961. The van der Waals surface area contributed by atoms with Crippen LogP contribution in [0, 0.1) is 12.3 Å². The molecule has 0 bridgehead atoms. The van der Waals surface area contributed by atoms with Crippen molar-refractivity contribution < 1.29 is 29.0 Å². The zero-order chi connectivity index (χ0) is 12.9. The van der Waals surface area contributed by atoms with E-state index in [1.165, 1.54) is 0 Å². The number of amides is 1.